The summed E-state index contributed by atoms with van der Waals surface area (Å²) >= 11 is 0. The Morgan fingerprint density at radius 1 is 1.04 bits per heavy atom. The molecule has 1 amide bonds. The zero-order chi connectivity index (χ0) is 16.9. The molecule has 4 heteroatoms. The molecule has 0 aromatic rings. The Morgan fingerprint density at radius 2 is 1.61 bits per heavy atom. The molecule has 2 aliphatic rings. The van der Waals surface area contributed by atoms with Crippen LogP contribution in [0.2, 0.25) is 0 Å². The van der Waals surface area contributed by atoms with Crippen molar-refractivity contribution in [1.82, 2.24) is 10.6 Å². The molecular formula is C19H36N2O2. The lowest BCUT2D eigenvalue weighted by Gasteiger charge is -2.37. The molecule has 2 fully saturated rings. The Kier molecular flexibility index (Phi) is 6.35. The minimum atomic E-state index is -0.418. The summed E-state index contributed by atoms with van der Waals surface area (Å²) in [5.74, 6) is 0. The van der Waals surface area contributed by atoms with Gasteiger partial charge in [0.05, 0.1) is 0 Å². The Hall–Kier alpha value is -0.770. The van der Waals surface area contributed by atoms with Crippen molar-refractivity contribution >= 4 is 6.09 Å². The summed E-state index contributed by atoms with van der Waals surface area (Å²) in [7, 11) is 0. The lowest BCUT2D eigenvalue weighted by atomic mass is 9.75. The van der Waals surface area contributed by atoms with Gasteiger partial charge in [-0.3, -0.25) is 0 Å². The van der Waals surface area contributed by atoms with Crippen LogP contribution in [0.1, 0.15) is 85.5 Å². The summed E-state index contributed by atoms with van der Waals surface area (Å²) in [6, 6.07) is 0.888. The van der Waals surface area contributed by atoms with E-state index in [2.05, 4.69) is 17.6 Å². The molecule has 0 aromatic carbocycles. The van der Waals surface area contributed by atoms with Gasteiger partial charge >= 0.3 is 6.09 Å². The second-order valence-electron chi connectivity index (χ2n) is 8.95. The van der Waals surface area contributed by atoms with Gasteiger partial charge < -0.3 is 15.4 Å². The first-order valence-corrected chi connectivity index (χ1v) is 9.49. The number of amides is 1. The summed E-state index contributed by atoms with van der Waals surface area (Å²) in [6.07, 6.45) is 11.1. The zero-order valence-corrected chi connectivity index (χ0v) is 15.5. The third-order valence-electron chi connectivity index (χ3n) is 5.33. The molecule has 0 atom stereocenters. The normalized spacial score (nSPS) is 28.2. The Labute approximate surface area is 142 Å². The van der Waals surface area contributed by atoms with E-state index in [0.29, 0.717) is 11.5 Å². The average Bonchev–Trinajstić information content (AvgIpc) is 2.45. The Bertz CT molecular complexity index is 375. The van der Waals surface area contributed by atoms with Crippen molar-refractivity contribution in [1.29, 1.82) is 0 Å². The molecule has 0 aromatic heterocycles. The van der Waals surface area contributed by atoms with Crippen molar-refractivity contribution in [2.45, 2.75) is 103 Å². The molecule has 2 aliphatic carbocycles. The van der Waals surface area contributed by atoms with E-state index in [1.54, 1.807) is 0 Å². The van der Waals surface area contributed by atoms with Gasteiger partial charge in [0.1, 0.15) is 5.60 Å². The molecule has 4 nitrogen and oxygen atoms in total. The first kappa shape index (κ1) is 18.6. The van der Waals surface area contributed by atoms with Crippen LogP contribution >= 0.6 is 0 Å². The number of carbonyl (C=O) groups is 1. The molecule has 2 saturated carbocycles. The topological polar surface area (TPSA) is 50.4 Å². The molecule has 0 aliphatic heterocycles. The van der Waals surface area contributed by atoms with Crippen LogP contribution < -0.4 is 10.6 Å². The van der Waals surface area contributed by atoms with Crippen molar-refractivity contribution in [3.63, 3.8) is 0 Å². The van der Waals surface area contributed by atoms with E-state index in [9.17, 15) is 4.79 Å². The fraction of sp³-hybridized carbons (Fsp3) is 0.947. The second-order valence-corrected chi connectivity index (χ2v) is 8.95. The van der Waals surface area contributed by atoms with Gasteiger partial charge in [0.15, 0.2) is 0 Å². The van der Waals surface area contributed by atoms with Crippen LogP contribution in [0.3, 0.4) is 0 Å². The van der Waals surface area contributed by atoms with Crippen LogP contribution in [0.15, 0.2) is 0 Å². The standard InChI is InChI=1S/C19H36N2O2/c1-18(2,3)23-17(22)21-16-10-8-15(9-11-16)20-14-19(4)12-6-5-7-13-19/h15-16,20H,5-14H2,1-4H3,(H,21,22). The van der Waals surface area contributed by atoms with Crippen LogP contribution in [0, 0.1) is 5.41 Å². The van der Waals surface area contributed by atoms with Gasteiger partial charge in [-0.15, -0.1) is 0 Å². The molecule has 0 spiro atoms. The summed E-state index contributed by atoms with van der Waals surface area (Å²) in [4.78, 5) is 11.8. The van der Waals surface area contributed by atoms with Gasteiger partial charge in [-0.1, -0.05) is 26.2 Å². The second kappa shape index (κ2) is 7.87. The maximum absolute atomic E-state index is 11.8. The zero-order valence-electron chi connectivity index (χ0n) is 15.5. The highest BCUT2D eigenvalue weighted by molar-refractivity contribution is 5.68. The molecular weight excluding hydrogens is 288 g/mol. The van der Waals surface area contributed by atoms with E-state index in [4.69, 9.17) is 4.74 Å². The molecule has 0 radical (unpaired) electrons. The van der Waals surface area contributed by atoms with Crippen LogP contribution in [0.25, 0.3) is 0 Å². The maximum atomic E-state index is 11.8. The fourth-order valence-electron chi connectivity index (χ4n) is 3.89. The van der Waals surface area contributed by atoms with Gasteiger partial charge in [0.2, 0.25) is 0 Å². The van der Waals surface area contributed by atoms with E-state index >= 15 is 0 Å². The molecule has 23 heavy (non-hydrogen) atoms. The van der Waals surface area contributed by atoms with E-state index in [1.165, 1.54) is 32.1 Å². The van der Waals surface area contributed by atoms with E-state index < -0.39 is 5.60 Å². The Balaban J connectivity index is 1.65. The number of nitrogens with one attached hydrogen (secondary N) is 2. The SMILES string of the molecule is CC1(CNC2CCC(NC(=O)OC(C)(C)C)CC2)CCCCC1. The van der Waals surface area contributed by atoms with E-state index in [0.717, 1.165) is 32.2 Å². The fourth-order valence-corrected chi connectivity index (χ4v) is 3.89. The van der Waals surface area contributed by atoms with E-state index in [1.807, 2.05) is 20.8 Å². The third kappa shape index (κ3) is 6.70. The summed E-state index contributed by atoms with van der Waals surface area (Å²) < 4.78 is 5.34. The monoisotopic (exact) mass is 324 g/mol. The Morgan fingerprint density at radius 3 is 2.17 bits per heavy atom. The molecule has 0 heterocycles. The van der Waals surface area contributed by atoms with Crippen molar-refractivity contribution in [3.8, 4) is 0 Å². The third-order valence-corrected chi connectivity index (χ3v) is 5.33. The smallest absolute Gasteiger partial charge is 0.407 e. The summed E-state index contributed by atoms with van der Waals surface area (Å²) in [5, 5.41) is 6.82. The lowest BCUT2D eigenvalue weighted by molar-refractivity contribution is 0.0489. The molecule has 134 valence electrons. The van der Waals surface area contributed by atoms with Crippen molar-refractivity contribution in [2.24, 2.45) is 5.41 Å². The van der Waals surface area contributed by atoms with Gasteiger partial charge in [0, 0.05) is 18.6 Å². The van der Waals surface area contributed by atoms with Gasteiger partial charge in [0.25, 0.3) is 0 Å². The average molecular weight is 325 g/mol. The van der Waals surface area contributed by atoms with Crippen molar-refractivity contribution < 1.29 is 9.53 Å². The number of ether oxygens (including phenoxy) is 1. The number of hydrogen-bond acceptors (Lipinski definition) is 3. The lowest BCUT2D eigenvalue weighted by Crippen LogP contribution is -2.46. The highest BCUT2D eigenvalue weighted by Crippen LogP contribution is 2.35. The summed E-state index contributed by atoms with van der Waals surface area (Å²) in [5.41, 5.74) is 0.0855. The molecule has 0 bridgehead atoms. The van der Waals surface area contributed by atoms with Gasteiger partial charge in [-0.25, -0.2) is 4.79 Å². The van der Waals surface area contributed by atoms with Crippen LogP contribution in [-0.4, -0.2) is 30.3 Å². The number of rotatable bonds is 4. The predicted molar refractivity (Wildman–Crippen MR) is 94.6 cm³/mol. The van der Waals surface area contributed by atoms with Crippen LogP contribution in [0.5, 0.6) is 0 Å². The molecule has 0 unspecified atom stereocenters. The largest absolute Gasteiger partial charge is 0.444 e. The number of carbonyl (C=O) groups excluding carboxylic acids is 1. The molecule has 2 N–H and O–H groups in total. The predicted octanol–water partition coefficient (Wildman–Crippen LogP) is 4.38. The highest BCUT2D eigenvalue weighted by atomic mass is 16.6. The first-order valence-electron chi connectivity index (χ1n) is 9.49. The number of alkyl carbamates (subject to hydrolysis) is 1. The highest BCUT2D eigenvalue weighted by Gasteiger charge is 2.29. The quantitative estimate of drug-likeness (QED) is 0.806. The minimum absolute atomic E-state index is 0.271. The number of hydrogen-bond donors (Lipinski definition) is 2. The van der Waals surface area contributed by atoms with E-state index in [-0.39, 0.29) is 12.1 Å². The first-order chi connectivity index (χ1) is 10.8. The van der Waals surface area contributed by atoms with Gasteiger partial charge in [-0.05, 0) is 64.7 Å². The summed E-state index contributed by atoms with van der Waals surface area (Å²) in [6.45, 7) is 9.30. The molecule has 0 saturated heterocycles. The van der Waals surface area contributed by atoms with Crippen LogP contribution in [-0.2, 0) is 4.74 Å². The van der Waals surface area contributed by atoms with Crippen molar-refractivity contribution in [3.05, 3.63) is 0 Å². The molecule has 2 rings (SSSR count). The van der Waals surface area contributed by atoms with Gasteiger partial charge in [-0.2, -0.15) is 0 Å². The maximum Gasteiger partial charge on any atom is 0.407 e. The van der Waals surface area contributed by atoms with Crippen LogP contribution in [0.4, 0.5) is 4.79 Å². The minimum Gasteiger partial charge on any atom is -0.444 e. The van der Waals surface area contributed by atoms with Crippen molar-refractivity contribution in [2.75, 3.05) is 6.54 Å².